The summed E-state index contributed by atoms with van der Waals surface area (Å²) in [5, 5.41) is 1.69. The van der Waals surface area contributed by atoms with Crippen LogP contribution in [-0.4, -0.2) is 18.1 Å². The van der Waals surface area contributed by atoms with Crippen LogP contribution in [0.5, 0.6) is 0 Å². The van der Waals surface area contributed by atoms with Gasteiger partial charge in [-0.1, -0.05) is 57.1 Å². The Morgan fingerprint density at radius 2 is 1.61 bits per heavy atom. The van der Waals surface area contributed by atoms with Crippen molar-refractivity contribution in [2.75, 3.05) is 7.11 Å². The molecule has 0 saturated carbocycles. The monoisotopic (exact) mass is 331 g/mol. The molecule has 1 N–H and O–H groups in total. The molecule has 0 atom stereocenters. The molecule has 1 heterocycles. The van der Waals surface area contributed by atoms with Crippen molar-refractivity contribution >= 4 is 28.5 Å². The second-order valence-corrected chi connectivity index (χ2v) is 4.92. The molecule has 1 aromatic heterocycles. The normalized spacial score (nSPS) is 9.57. The molecule has 0 fully saturated rings. The lowest BCUT2D eigenvalue weighted by atomic mass is 10.0. The van der Waals surface area contributed by atoms with Crippen molar-refractivity contribution in [1.82, 2.24) is 4.98 Å². The van der Waals surface area contributed by atoms with Gasteiger partial charge < -0.3 is 9.72 Å². The zero-order valence-corrected chi connectivity index (χ0v) is 13.6. The molecule has 0 amide bonds. The smallest absolute Gasteiger partial charge is 0.354 e. The van der Waals surface area contributed by atoms with Gasteiger partial charge in [0.05, 0.1) is 7.11 Å². The molecule has 0 bridgehead atoms. The van der Waals surface area contributed by atoms with Crippen molar-refractivity contribution in [3.8, 4) is 11.1 Å². The fourth-order valence-corrected chi connectivity index (χ4v) is 2.29. The summed E-state index contributed by atoms with van der Waals surface area (Å²) in [6.07, 6.45) is 0. The molecule has 0 saturated heterocycles. The summed E-state index contributed by atoms with van der Waals surface area (Å²) in [7, 11) is 1.37. The highest BCUT2D eigenvalue weighted by Crippen LogP contribution is 2.26. The van der Waals surface area contributed by atoms with Gasteiger partial charge in [0.15, 0.2) is 0 Å². The molecule has 3 rings (SSSR count). The van der Waals surface area contributed by atoms with Gasteiger partial charge in [0.25, 0.3) is 0 Å². The molecule has 0 aliphatic rings. The molecule has 0 aliphatic carbocycles. The van der Waals surface area contributed by atoms with Crippen LogP contribution in [0, 0.1) is 0 Å². The van der Waals surface area contributed by atoms with Crippen LogP contribution in [0.2, 0.25) is 5.02 Å². The minimum Gasteiger partial charge on any atom is -0.464 e. The predicted octanol–water partition coefficient (Wildman–Crippen LogP) is 5.94. The van der Waals surface area contributed by atoms with Crippen LogP contribution in [0.3, 0.4) is 0 Å². The molecular formula is C19H22ClNO2. The fourth-order valence-electron chi connectivity index (χ4n) is 2.17. The van der Waals surface area contributed by atoms with Crippen LogP contribution in [0.1, 0.15) is 31.8 Å². The fraction of sp³-hybridized carbons (Fsp3) is 0.211. The maximum Gasteiger partial charge on any atom is 0.354 e. The number of benzene rings is 2. The van der Waals surface area contributed by atoms with Crippen molar-refractivity contribution < 1.29 is 9.53 Å². The van der Waals surface area contributed by atoms with Gasteiger partial charge in [-0.2, -0.15) is 0 Å². The van der Waals surface area contributed by atoms with E-state index in [1.807, 2.05) is 56.3 Å². The van der Waals surface area contributed by atoms with Gasteiger partial charge in [0.2, 0.25) is 0 Å². The maximum atomic E-state index is 11.5. The number of methoxy groups -OCH3 is 1. The SMILES string of the molecule is C.CC.COC(=O)c1cc2ccc(-c3ccc(Cl)cc3)cc2[nH]1. The summed E-state index contributed by atoms with van der Waals surface area (Å²) < 4.78 is 4.71. The number of aromatic amines is 1. The summed E-state index contributed by atoms with van der Waals surface area (Å²) in [6.45, 7) is 4.00. The predicted molar refractivity (Wildman–Crippen MR) is 98.2 cm³/mol. The van der Waals surface area contributed by atoms with Crippen LogP contribution < -0.4 is 0 Å². The van der Waals surface area contributed by atoms with Gasteiger partial charge in [0, 0.05) is 15.9 Å². The first-order valence-corrected chi connectivity index (χ1v) is 7.52. The average molecular weight is 332 g/mol. The summed E-state index contributed by atoms with van der Waals surface area (Å²) in [4.78, 5) is 14.6. The van der Waals surface area contributed by atoms with E-state index < -0.39 is 0 Å². The van der Waals surface area contributed by atoms with Crippen molar-refractivity contribution in [1.29, 1.82) is 0 Å². The van der Waals surface area contributed by atoms with E-state index >= 15 is 0 Å². The van der Waals surface area contributed by atoms with Gasteiger partial charge in [-0.3, -0.25) is 0 Å². The first kappa shape index (κ1) is 18.8. The van der Waals surface area contributed by atoms with Crippen molar-refractivity contribution in [3.63, 3.8) is 0 Å². The Kier molecular flexibility index (Phi) is 6.86. The standard InChI is InChI=1S/C16H12ClNO2.C2H6.CH4/c1-20-16(19)15-9-12-3-2-11(8-14(12)18-15)10-4-6-13(17)7-5-10;1-2;/h2-9,18H,1H3;1-2H3;1H4. The first-order chi connectivity index (χ1) is 10.7. The Labute approximate surface area is 142 Å². The van der Waals surface area contributed by atoms with E-state index in [0.29, 0.717) is 10.7 Å². The lowest BCUT2D eigenvalue weighted by molar-refractivity contribution is 0.0595. The number of aromatic nitrogens is 1. The highest BCUT2D eigenvalue weighted by Gasteiger charge is 2.09. The highest BCUT2D eigenvalue weighted by molar-refractivity contribution is 6.30. The maximum absolute atomic E-state index is 11.5. The Morgan fingerprint density at radius 1 is 1.00 bits per heavy atom. The van der Waals surface area contributed by atoms with E-state index in [9.17, 15) is 4.79 Å². The number of hydrogen-bond donors (Lipinski definition) is 1. The van der Waals surface area contributed by atoms with Crippen molar-refractivity contribution in [2.24, 2.45) is 0 Å². The van der Waals surface area contributed by atoms with Crippen LogP contribution in [0.4, 0.5) is 0 Å². The second kappa shape index (κ2) is 8.39. The number of carbonyl (C=O) groups is 1. The number of nitrogens with one attached hydrogen (secondary N) is 1. The molecule has 23 heavy (non-hydrogen) atoms. The van der Waals surface area contributed by atoms with E-state index in [1.165, 1.54) is 7.11 Å². The van der Waals surface area contributed by atoms with E-state index in [1.54, 1.807) is 6.07 Å². The molecule has 3 nitrogen and oxygen atoms in total. The Balaban J connectivity index is 0.000000849. The number of ether oxygens (including phenoxy) is 1. The van der Waals surface area contributed by atoms with Gasteiger partial charge in [-0.05, 0) is 35.4 Å². The van der Waals surface area contributed by atoms with Gasteiger partial charge in [0.1, 0.15) is 5.69 Å². The van der Waals surface area contributed by atoms with Crippen LogP contribution in [0.25, 0.3) is 22.0 Å². The number of rotatable bonds is 2. The first-order valence-electron chi connectivity index (χ1n) is 7.14. The third-order valence-electron chi connectivity index (χ3n) is 3.21. The molecule has 2 aromatic carbocycles. The van der Waals surface area contributed by atoms with Crippen LogP contribution in [0.15, 0.2) is 48.5 Å². The Hall–Kier alpha value is -2.26. The minimum atomic E-state index is -0.366. The summed E-state index contributed by atoms with van der Waals surface area (Å²) in [5.74, 6) is -0.366. The summed E-state index contributed by atoms with van der Waals surface area (Å²) in [6, 6.07) is 15.4. The van der Waals surface area contributed by atoms with Gasteiger partial charge in [-0.25, -0.2) is 4.79 Å². The number of carbonyl (C=O) groups excluding carboxylic acids is 1. The lowest BCUT2D eigenvalue weighted by Crippen LogP contribution is -2.00. The molecule has 0 radical (unpaired) electrons. The van der Waals surface area contributed by atoms with E-state index in [2.05, 4.69) is 4.98 Å². The lowest BCUT2D eigenvalue weighted by Gasteiger charge is -2.02. The Morgan fingerprint density at radius 3 is 2.22 bits per heavy atom. The number of esters is 1. The number of fused-ring (bicyclic) bond motifs is 1. The van der Waals surface area contributed by atoms with E-state index in [0.717, 1.165) is 22.0 Å². The molecule has 0 unspecified atom stereocenters. The van der Waals surface area contributed by atoms with Gasteiger partial charge in [-0.15, -0.1) is 0 Å². The van der Waals surface area contributed by atoms with Crippen LogP contribution >= 0.6 is 11.6 Å². The second-order valence-electron chi connectivity index (χ2n) is 4.48. The zero-order chi connectivity index (χ0) is 16.1. The third kappa shape index (κ3) is 4.14. The highest BCUT2D eigenvalue weighted by atomic mass is 35.5. The quantitative estimate of drug-likeness (QED) is 0.591. The minimum absolute atomic E-state index is 0. The van der Waals surface area contributed by atoms with E-state index in [-0.39, 0.29) is 13.4 Å². The van der Waals surface area contributed by atoms with Gasteiger partial charge >= 0.3 is 5.97 Å². The van der Waals surface area contributed by atoms with Crippen molar-refractivity contribution in [3.05, 3.63) is 59.2 Å². The molecule has 0 aliphatic heterocycles. The van der Waals surface area contributed by atoms with Crippen LogP contribution in [-0.2, 0) is 4.74 Å². The molecule has 0 spiro atoms. The average Bonchev–Trinajstić information content (AvgIpc) is 3.00. The largest absolute Gasteiger partial charge is 0.464 e. The molecule has 3 aromatic rings. The number of halogens is 1. The Bertz CT molecular complexity index is 776. The topological polar surface area (TPSA) is 42.1 Å². The molecule has 4 heteroatoms. The van der Waals surface area contributed by atoms with Crippen molar-refractivity contribution in [2.45, 2.75) is 21.3 Å². The van der Waals surface area contributed by atoms with E-state index in [4.69, 9.17) is 16.3 Å². The number of H-pyrrole nitrogens is 1. The summed E-state index contributed by atoms with van der Waals surface area (Å²) >= 11 is 5.89. The number of hydrogen-bond acceptors (Lipinski definition) is 2. The summed E-state index contributed by atoms with van der Waals surface area (Å²) in [5.41, 5.74) is 3.49. The third-order valence-corrected chi connectivity index (χ3v) is 3.46. The molecular weight excluding hydrogens is 310 g/mol. The molecule has 122 valence electrons. The zero-order valence-electron chi connectivity index (χ0n) is 12.8.